The minimum absolute atomic E-state index is 0.0365. The largest absolute Gasteiger partial charge is 0.324 e. The number of carbonyl (C=O) groups excluding carboxylic acids is 2. The van der Waals surface area contributed by atoms with Crippen LogP contribution in [0.4, 0.5) is 32.4 Å². The third-order valence-electron chi connectivity index (χ3n) is 6.78. The number of piperazine rings is 1. The SMILES string of the molecule is O=C1CCN(C(=O)N2C/C(=C\c3ccc(F)c(F)c3)N(c3ccc(F)cc3)/C(=C/c3ccc(F)c(F)c3)C2)CC1. The fourth-order valence-corrected chi connectivity index (χ4v) is 4.79. The van der Waals surface area contributed by atoms with Gasteiger partial charge < -0.3 is 14.7 Å². The molecule has 10 heteroatoms. The molecule has 0 saturated carbocycles. The zero-order chi connectivity index (χ0) is 28.4. The molecule has 2 saturated heterocycles. The van der Waals surface area contributed by atoms with Crippen molar-refractivity contribution in [1.29, 1.82) is 0 Å². The molecule has 0 aliphatic carbocycles. The summed E-state index contributed by atoms with van der Waals surface area (Å²) in [4.78, 5) is 30.1. The summed E-state index contributed by atoms with van der Waals surface area (Å²) in [5.41, 5.74) is 2.04. The number of amides is 2. The lowest BCUT2D eigenvalue weighted by atomic mass is 10.1. The number of rotatable bonds is 3. The van der Waals surface area contributed by atoms with Crippen LogP contribution in [0.15, 0.2) is 72.1 Å². The molecular weight excluding hydrogens is 529 g/mol. The Morgan fingerprint density at radius 2 is 1.15 bits per heavy atom. The number of hydrogen-bond donors (Lipinski definition) is 0. The standard InChI is InChI=1S/C30H24F5N3O2/c31-21-3-5-22(6-4-21)38-23(13-19-1-7-26(32)28(34)15-19)17-37(30(40)36-11-9-25(39)10-12-36)18-24(38)14-20-2-8-27(33)29(35)16-20/h1-8,13-16H,9-12,17-18H2/b23-13+,24-14+. The molecule has 2 heterocycles. The molecule has 40 heavy (non-hydrogen) atoms. The summed E-state index contributed by atoms with van der Waals surface area (Å²) in [6.45, 7) is 0.601. The molecule has 2 aliphatic heterocycles. The van der Waals surface area contributed by atoms with Gasteiger partial charge in [-0.2, -0.15) is 0 Å². The number of Topliss-reactive ketones (excluding diaryl/α,β-unsaturated/α-hetero) is 1. The van der Waals surface area contributed by atoms with Gasteiger partial charge in [-0.25, -0.2) is 26.7 Å². The van der Waals surface area contributed by atoms with E-state index in [1.54, 1.807) is 22.0 Å². The van der Waals surface area contributed by atoms with Gasteiger partial charge in [-0.3, -0.25) is 4.79 Å². The van der Waals surface area contributed by atoms with Gasteiger partial charge in [-0.1, -0.05) is 12.1 Å². The number of carbonyl (C=O) groups is 2. The van der Waals surface area contributed by atoms with Crippen LogP contribution in [-0.2, 0) is 4.79 Å². The third-order valence-corrected chi connectivity index (χ3v) is 6.78. The predicted molar refractivity (Wildman–Crippen MR) is 140 cm³/mol. The first-order chi connectivity index (χ1) is 19.2. The summed E-state index contributed by atoms with van der Waals surface area (Å²) in [6.07, 6.45) is 3.64. The molecule has 0 radical (unpaired) electrons. The second-order valence-electron chi connectivity index (χ2n) is 9.59. The third kappa shape index (κ3) is 5.90. The Bertz CT molecular complexity index is 1440. The first-order valence-electron chi connectivity index (χ1n) is 12.6. The smallest absolute Gasteiger partial charge is 0.320 e. The summed E-state index contributed by atoms with van der Waals surface area (Å²) >= 11 is 0. The van der Waals surface area contributed by atoms with E-state index in [9.17, 15) is 31.5 Å². The predicted octanol–water partition coefficient (Wildman–Crippen LogP) is 6.37. The number of likely N-dealkylation sites (tertiary alicyclic amines) is 1. The van der Waals surface area contributed by atoms with Crippen LogP contribution in [0.25, 0.3) is 12.2 Å². The van der Waals surface area contributed by atoms with Gasteiger partial charge in [0.15, 0.2) is 23.3 Å². The van der Waals surface area contributed by atoms with Crippen molar-refractivity contribution in [1.82, 2.24) is 9.80 Å². The summed E-state index contributed by atoms with van der Waals surface area (Å²) in [6, 6.07) is 12.0. The molecule has 0 unspecified atom stereocenters. The topological polar surface area (TPSA) is 43.9 Å². The number of nitrogens with zero attached hydrogens (tertiary/aromatic N) is 3. The minimum Gasteiger partial charge on any atom is -0.324 e. The van der Waals surface area contributed by atoms with Crippen molar-refractivity contribution in [3.8, 4) is 0 Å². The highest BCUT2D eigenvalue weighted by Gasteiger charge is 2.33. The maximum Gasteiger partial charge on any atom is 0.320 e. The molecule has 206 valence electrons. The van der Waals surface area contributed by atoms with Crippen LogP contribution in [0.2, 0.25) is 0 Å². The minimum atomic E-state index is -1.05. The molecule has 3 aromatic rings. The van der Waals surface area contributed by atoms with Crippen LogP contribution in [0, 0.1) is 29.1 Å². The number of benzene rings is 3. The van der Waals surface area contributed by atoms with E-state index in [-0.39, 0.29) is 50.8 Å². The summed E-state index contributed by atoms with van der Waals surface area (Å²) in [7, 11) is 0. The Kier molecular flexibility index (Phi) is 7.68. The summed E-state index contributed by atoms with van der Waals surface area (Å²) in [5, 5.41) is 0. The molecule has 0 aromatic heterocycles. The number of halogens is 5. The van der Waals surface area contributed by atoms with E-state index in [1.165, 1.54) is 41.3 Å². The summed E-state index contributed by atoms with van der Waals surface area (Å²) in [5.74, 6) is -4.55. The lowest BCUT2D eigenvalue weighted by Gasteiger charge is -2.42. The van der Waals surface area contributed by atoms with E-state index in [0.29, 0.717) is 28.2 Å². The van der Waals surface area contributed by atoms with Gasteiger partial charge in [0.25, 0.3) is 0 Å². The van der Waals surface area contributed by atoms with E-state index in [1.807, 2.05) is 0 Å². The van der Waals surface area contributed by atoms with Crippen molar-refractivity contribution < 1.29 is 31.5 Å². The first-order valence-corrected chi connectivity index (χ1v) is 12.6. The van der Waals surface area contributed by atoms with Crippen molar-refractivity contribution in [2.24, 2.45) is 0 Å². The number of urea groups is 1. The van der Waals surface area contributed by atoms with Gasteiger partial charge in [-0.05, 0) is 71.8 Å². The second kappa shape index (κ2) is 11.3. The Balaban J connectivity index is 1.62. The fraction of sp³-hybridized carbons (Fsp3) is 0.200. The highest BCUT2D eigenvalue weighted by atomic mass is 19.2. The van der Waals surface area contributed by atoms with Crippen molar-refractivity contribution in [2.75, 3.05) is 31.1 Å². The zero-order valence-electron chi connectivity index (χ0n) is 21.2. The van der Waals surface area contributed by atoms with Crippen LogP contribution in [0.1, 0.15) is 24.0 Å². The Morgan fingerprint density at radius 3 is 1.62 bits per heavy atom. The second-order valence-corrected chi connectivity index (χ2v) is 9.59. The van der Waals surface area contributed by atoms with Gasteiger partial charge in [-0.15, -0.1) is 0 Å². The van der Waals surface area contributed by atoms with Crippen LogP contribution in [0.3, 0.4) is 0 Å². The molecule has 5 nitrogen and oxygen atoms in total. The quantitative estimate of drug-likeness (QED) is 0.354. The fourth-order valence-electron chi connectivity index (χ4n) is 4.79. The van der Waals surface area contributed by atoms with Gasteiger partial charge in [0.2, 0.25) is 0 Å². The van der Waals surface area contributed by atoms with Gasteiger partial charge in [0, 0.05) is 43.0 Å². The average molecular weight is 554 g/mol. The van der Waals surface area contributed by atoms with Crippen molar-refractivity contribution >= 4 is 29.7 Å². The molecule has 0 spiro atoms. The normalized spacial score (nSPS) is 18.1. The zero-order valence-corrected chi connectivity index (χ0v) is 21.2. The van der Waals surface area contributed by atoms with E-state index in [2.05, 4.69) is 0 Å². The van der Waals surface area contributed by atoms with E-state index >= 15 is 0 Å². The Morgan fingerprint density at radius 1 is 0.650 bits per heavy atom. The Labute approximate surface area is 227 Å². The summed E-state index contributed by atoms with van der Waals surface area (Å²) < 4.78 is 69.2. The van der Waals surface area contributed by atoms with Crippen LogP contribution in [0.5, 0.6) is 0 Å². The molecule has 0 N–H and O–H groups in total. The monoisotopic (exact) mass is 553 g/mol. The number of anilines is 1. The number of hydrogen-bond acceptors (Lipinski definition) is 3. The van der Waals surface area contributed by atoms with Gasteiger partial charge in [0.05, 0.1) is 13.1 Å². The van der Waals surface area contributed by atoms with Gasteiger partial charge >= 0.3 is 6.03 Å². The van der Waals surface area contributed by atoms with E-state index in [0.717, 1.165) is 24.3 Å². The van der Waals surface area contributed by atoms with E-state index < -0.39 is 29.1 Å². The first kappa shape index (κ1) is 27.1. The Hall–Kier alpha value is -4.47. The molecule has 0 atom stereocenters. The van der Waals surface area contributed by atoms with E-state index in [4.69, 9.17) is 0 Å². The highest BCUT2D eigenvalue weighted by molar-refractivity contribution is 5.84. The molecule has 2 amide bonds. The molecular formula is C30H24F5N3O2. The highest BCUT2D eigenvalue weighted by Crippen LogP contribution is 2.33. The van der Waals surface area contributed by atoms with Crippen molar-refractivity contribution in [2.45, 2.75) is 12.8 Å². The molecule has 0 bridgehead atoms. The van der Waals surface area contributed by atoms with Crippen LogP contribution < -0.4 is 4.90 Å². The lowest BCUT2D eigenvalue weighted by Crippen LogP contribution is -2.52. The van der Waals surface area contributed by atoms with Gasteiger partial charge in [0.1, 0.15) is 11.6 Å². The molecule has 2 fully saturated rings. The van der Waals surface area contributed by atoms with Crippen molar-refractivity contribution in [3.63, 3.8) is 0 Å². The lowest BCUT2D eigenvalue weighted by molar-refractivity contribution is -0.120. The van der Waals surface area contributed by atoms with Crippen LogP contribution in [-0.4, -0.2) is 47.8 Å². The maximum absolute atomic E-state index is 14.1. The molecule has 5 rings (SSSR count). The number of ketones is 1. The van der Waals surface area contributed by atoms with Crippen molar-refractivity contribution in [3.05, 3.63) is 112 Å². The van der Waals surface area contributed by atoms with Crippen LogP contribution >= 0.6 is 0 Å². The maximum atomic E-state index is 14.1. The molecule has 3 aromatic carbocycles. The molecule has 2 aliphatic rings. The number of piperidine rings is 1. The average Bonchev–Trinajstić information content (AvgIpc) is 2.93.